The van der Waals surface area contributed by atoms with E-state index in [1.165, 1.54) is 12.3 Å². The number of aliphatic hydroxyl groups excluding tert-OH is 1. The van der Waals surface area contributed by atoms with Gasteiger partial charge in [0.05, 0.1) is 12.3 Å². The molecule has 0 atom stereocenters. The van der Waals surface area contributed by atoms with Gasteiger partial charge in [-0.2, -0.15) is 0 Å². The van der Waals surface area contributed by atoms with Crippen LogP contribution >= 0.6 is 0 Å². The molecule has 1 aromatic carbocycles. The van der Waals surface area contributed by atoms with Crippen LogP contribution in [0.1, 0.15) is 16.8 Å². The Labute approximate surface area is 104 Å². The van der Waals surface area contributed by atoms with Crippen molar-refractivity contribution in [3.05, 3.63) is 53.1 Å². The second kappa shape index (κ2) is 5.55. The van der Waals surface area contributed by atoms with Crippen LogP contribution in [0.4, 0.5) is 4.39 Å². The Balaban J connectivity index is 2.07. The highest BCUT2D eigenvalue weighted by Crippen LogP contribution is 2.12. The number of rotatable bonds is 4. The van der Waals surface area contributed by atoms with Gasteiger partial charge in [-0.25, -0.2) is 14.4 Å². The maximum Gasteiger partial charge on any atom is 0.316 e. The van der Waals surface area contributed by atoms with Gasteiger partial charge in [0.1, 0.15) is 12.4 Å². The molecular formula is C13H13FN2O2. The Morgan fingerprint density at radius 2 is 2.06 bits per heavy atom. The Morgan fingerprint density at radius 1 is 1.28 bits per heavy atom. The van der Waals surface area contributed by atoms with Crippen LogP contribution in [0.25, 0.3) is 0 Å². The number of aryl methyl sites for hydroxylation is 1. The topological polar surface area (TPSA) is 55.2 Å². The van der Waals surface area contributed by atoms with Crippen molar-refractivity contribution in [3.8, 4) is 6.01 Å². The largest absolute Gasteiger partial charge is 0.458 e. The molecule has 94 valence electrons. The summed E-state index contributed by atoms with van der Waals surface area (Å²) in [6.45, 7) is 1.72. The van der Waals surface area contributed by atoms with Gasteiger partial charge in [0.15, 0.2) is 0 Å². The van der Waals surface area contributed by atoms with E-state index < -0.39 is 0 Å². The van der Waals surface area contributed by atoms with Gasteiger partial charge in [0.25, 0.3) is 0 Å². The first-order valence-electron chi connectivity index (χ1n) is 5.50. The molecule has 4 nitrogen and oxygen atoms in total. The molecule has 1 heterocycles. The van der Waals surface area contributed by atoms with Crippen molar-refractivity contribution in [1.82, 2.24) is 9.97 Å². The van der Waals surface area contributed by atoms with Gasteiger partial charge in [-0.15, -0.1) is 0 Å². The Bertz CT molecular complexity index is 546. The number of aromatic nitrogens is 2. The smallest absolute Gasteiger partial charge is 0.316 e. The minimum Gasteiger partial charge on any atom is -0.458 e. The molecule has 0 aliphatic heterocycles. The lowest BCUT2D eigenvalue weighted by atomic mass is 10.2. The summed E-state index contributed by atoms with van der Waals surface area (Å²) in [5.74, 6) is -0.318. The molecule has 0 spiro atoms. The molecule has 0 saturated heterocycles. The molecule has 2 aromatic rings. The number of hydrogen-bond acceptors (Lipinski definition) is 4. The SMILES string of the molecule is Cc1nc(OCc2ccccc2F)ncc1CO. The number of aliphatic hydroxyl groups is 1. The maximum absolute atomic E-state index is 13.3. The fourth-order valence-corrected chi connectivity index (χ4v) is 1.45. The molecule has 0 radical (unpaired) electrons. The van der Waals surface area contributed by atoms with Crippen LogP contribution in [0, 0.1) is 12.7 Å². The molecule has 2 rings (SSSR count). The average Bonchev–Trinajstić information content (AvgIpc) is 2.38. The minimum atomic E-state index is -0.318. The second-order valence-electron chi connectivity index (χ2n) is 3.80. The fraction of sp³-hybridized carbons (Fsp3) is 0.231. The molecule has 0 amide bonds. The van der Waals surface area contributed by atoms with E-state index in [0.29, 0.717) is 16.8 Å². The van der Waals surface area contributed by atoms with Crippen LogP contribution in [-0.4, -0.2) is 15.1 Å². The van der Waals surface area contributed by atoms with E-state index in [2.05, 4.69) is 9.97 Å². The number of nitrogens with zero attached hydrogens (tertiary/aromatic N) is 2. The lowest BCUT2D eigenvalue weighted by Gasteiger charge is -2.07. The lowest BCUT2D eigenvalue weighted by Crippen LogP contribution is -2.03. The van der Waals surface area contributed by atoms with E-state index in [1.54, 1.807) is 25.1 Å². The Morgan fingerprint density at radius 3 is 2.72 bits per heavy atom. The monoisotopic (exact) mass is 248 g/mol. The van der Waals surface area contributed by atoms with E-state index in [4.69, 9.17) is 9.84 Å². The molecule has 1 aromatic heterocycles. The lowest BCUT2D eigenvalue weighted by molar-refractivity contribution is 0.266. The Hall–Kier alpha value is -2.01. The van der Waals surface area contributed by atoms with Gasteiger partial charge < -0.3 is 9.84 Å². The fourth-order valence-electron chi connectivity index (χ4n) is 1.45. The number of benzene rings is 1. The summed E-state index contributed by atoms with van der Waals surface area (Å²) in [6, 6.07) is 6.55. The van der Waals surface area contributed by atoms with E-state index in [1.807, 2.05) is 0 Å². The first-order valence-corrected chi connectivity index (χ1v) is 5.50. The zero-order valence-electron chi connectivity index (χ0n) is 9.93. The highest BCUT2D eigenvalue weighted by molar-refractivity contribution is 5.18. The first kappa shape index (κ1) is 12.4. The van der Waals surface area contributed by atoms with Crippen LogP contribution in [0.2, 0.25) is 0 Å². The van der Waals surface area contributed by atoms with E-state index in [9.17, 15) is 4.39 Å². The van der Waals surface area contributed by atoms with Crippen molar-refractivity contribution < 1.29 is 14.2 Å². The molecular weight excluding hydrogens is 235 g/mol. The summed E-state index contributed by atoms with van der Waals surface area (Å²) >= 11 is 0. The number of ether oxygens (including phenoxy) is 1. The third-order valence-electron chi connectivity index (χ3n) is 2.54. The van der Waals surface area contributed by atoms with Crippen molar-refractivity contribution in [1.29, 1.82) is 0 Å². The molecule has 0 aliphatic rings. The normalized spacial score (nSPS) is 10.4. The van der Waals surface area contributed by atoms with Gasteiger partial charge in [-0.05, 0) is 13.0 Å². The highest BCUT2D eigenvalue weighted by Gasteiger charge is 2.05. The molecule has 18 heavy (non-hydrogen) atoms. The van der Waals surface area contributed by atoms with Crippen molar-refractivity contribution in [2.75, 3.05) is 0 Å². The van der Waals surface area contributed by atoms with Gasteiger partial charge >= 0.3 is 6.01 Å². The van der Waals surface area contributed by atoms with Crippen LogP contribution in [0.3, 0.4) is 0 Å². The highest BCUT2D eigenvalue weighted by atomic mass is 19.1. The summed E-state index contributed by atoms with van der Waals surface area (Å²) in [6.07, 6.45) is 1.50. The quantitative estimate of drug-likeness (QED) is 0.899. The minimum absolute atomic E-state index is 0.0740. The molecule has 1 N–H and O–H groups in total. The molecule has 5 heteroatoms. The van der Waals surface area contributed by atoms with Gasteiger partial charge in [0, 0.05) is 17.3 Å². The van der Waals surface area contributed by atoms with Crippen LogP contribution in [-0.2, 0) is 13.2 Å². The third kappa shape index (κ3) is 2.81. The number of halogens is 1. The second-order valence-corrected chi connectivity index (χ2v) is 3.80. The van der Waals surface area contributed by atoms with Crippen molar-refractivity contribution in [2.45, 2.75) is 20.1 Å². The van der Waals surface area contributed by atoms with Gasteiger partial charge in [-0.1, -0.05) is 18.2 Å². The summed E-state index contributed by atoms with van der Waals surface area (Å²) in [4.78, 5) is 8.01. The Kier molecular flexibility index (Phi) is 3.84. The number of hydrogen-bond donors (Lipinski definition) is 1. The summed E-state index contributed by atoms with van der Waals surface area (Å²) in [5.41, 5.74) is 1.74. The third-order valence-corrected chi connectivity index (χ3v) is 2.54. The summed E-state index contributed by atoms with van der Waals surface area (Å²) in [5, 5.41) is 8.98. The molecule has 0 saturated carbocycles. The van der Waals surface area contributed by atoms with Crippen LogP contribution in [0.15, 0.2) is 30.5 Å². The van der Waals surface area contributed by atoms with Crippen molar-refractivity contribution in [3.63, 3.8) is 0 Å². The predicted octanol–water partition coefficient (Wildman–Crippen LogP) is 2.00. The standard InChI is InChI=1S/C13H13FN2O2/c1-9-11(7-17)6-15-13(16-9)18-8-10-4-2-3-5-12(10)14/h2-6,17H,7-8H2,1H3. The summed E-state index contributed by atoms with van der Waals surface area (Å²) < 4.78 is 18.6. The van der Waals surface area contributed by atoms with Crippen molar-refractivity contribution >= 4 is 0 Å². The average molecular weight is 248 g/mol. The predicted molar refractivity (Wildman–Crippen MR) is 63.4 cm³/mol. The zero-order valence-corrected chi connectivity index (χ0v) is 9.93. The van der Waals surface area contributed by atoms with Crippen molar-refractivity contribution in [2.24, 2.45) is 0 Å². The maximum atomic E-state index is 13.3. The van der Waals surface area contributed by atoms with E-state index in [-0.39, 0.29) is 25.0 Å². The molecule has 0 bridgehead atoms. The van der Waals surface area contributed by atoms with E-state index in [0.717, 1.165) is 0 Å². The van der Waals surface area contributed by atoms with Gasteiger partial charge in [-0.3, -0.25) is 0 Å². The molecule has 0 aliphatic carbocycles. The van der Waals surface area contributed by atoms with Crippen LogP contribution in [0.5, 0.6) is 6.01 Å². The molecule has 0 fully saturated rings. The van der Waals surface area contributed by atoms with Gasteiger partial charge in [0.2, 0.25) is 0 Å². The summed E-state index contributed by atoms with van der Waals surface area (Å²) in [7, 11) is 0. The molecule has 0 unspecified atom stereocenters. The zero-order chi connectivity index (χ0) is 13.0. The van der Waals surface area contributed by atoms with Crippen LogP contribution < -0.4 is 4.74 Å². The van der Waals surface area contributed by atoms with E-state index >= 15 is 0 Å². The first-order chi connectivity index (χ1) is 8.70.